The highest BCUT2D eigenvalue weighted by molar-refractivity contribution is 5.65. The SMILES string of the molecule is C=CCC[C@H](O)CN(Cc1ccco1)Cc1c(-c2ccccc2)nn(C)c1Oc1ccccc1. The Kier molecular flexibility index (Phi) is 7.96. The number of furan rings is 1. The van der Waals surface area contributed by atoms with Gasteiger partial charge in [-0.1, -0.05) is 54.6 Å². The Labute approximate surface area is 200 Å². The first-order valence-electron chi connectivity index (χ1n) is 11.5. The summed E-state index contributed by atoms with van der Waals surface area (Å²) in [7, 11) is 1.89. The van der Waals surface area contributed by atoms with Crippen LogP contribution in [0.2, 0.25) is 0 Å². The quantitative estimate of drug-likeness (QED) is 0.272. The fourth-order valence-corrected chi connectivity index (χ4v) is 3.98. The van der Waals surface area contributed by atoms with Gasteiger partial charge in [-0.25, -0.2) is 4.68 Å². The number of nitrogens with zero attached hydrogens (tertiary/aromatic N) is 3. The van der Waals surface area contributed by atoms with Crippen molar-refractivity contribution in [1.82, 2.24) is 14.7 Å². The zero-order chi connectivity index (χ0) is 23.8. The molecule has 176 valence electrons. The van der Waals surface area contributed by atoms with Crippen LogP contribution in [0.4, 0.5) is 0 Å². The Bertz CT molecular complexity index is 1150. The highest BCUT2D eigenvalue weighted by Crippen LogP contribution is 2.34. The van der Waals surface area contributed by atoms with Gasteiger partial charge in [0.2, 0.25) is 5.88 Å². The molecule has 6 nitrogen and oxygen atoms in total. The van der Waals surface area contributed by atoms with Crippen LogP contribution in [0.5, 0.6) is 11.6 Å². The highest BCUT2D eigenvalue weighted by Gasteiger charge is 2.24. The second-order valence-corrected chi connectivity index (χ2v) is 8.31. The van der Waals surface area contributed by atoms with E-state index in [1.807, 2.05) is 85.9 Å². The summed E-state index contributed by atoms with van der Waals surface area (Å²) >= 11 is 0. The number of rotatable bonds is 12. The van der Waals surface area contributed by atoms with E-state index in [1.165, 1.54) is 0 Å². The predicted octanol–water partition coefficient (Wildman–Crippen LogP) is 5.80. The first-order chi connectivity index (χ1) is 16.6. The molecule has 0 bridgehead atoms. The van der Waals surface area contributed by atoms with Crippen LogP contribution in [-0.2, 0) is 20.1 Å². The van der Waals surface area contributed by atoms with E-state index in [0.717, 1.165) is 34.8 Å². The van der Waals surface area contributed by atoms with Crippen LogP contribution >= 0.6 is 0 Å². The monoisotopic (exact) mass is 457 g/mol. The van der Waals surface area contributed by atoms with Crippen molar-refractivity contribution < 1.29 is 14.3 Å². The lowest BCUT2D eigenvalue weighted by molar-refractivity contribution is 0.0941. The second kappa shape index (κ2) is 11.5. The lowest BCUT2D eigenvalue weighted by Gasteiger charge is -2.24. The largest absolute Gasteiger partial charge is 0.468 e. The third kappa shape index (κ3) is 6.04. The van der Waals surface area contributed by atoms with Gasteiger partial charge in [-0.05, 0) is 37.1 Å². The predicted molar refractivity (Wildman–Crippen MR) is 133 cm³/mol. The van der Waals surface area contributed by atoms with Gasteiger partial charge in [-0.15, -0.1) is 6.58 Å². The number of allylic oxidation sites excluding steroid dienone is 1. The summed E-state index contributed by atoms with van der Waals surface area (Å²) in [6.45, 7) is 5.36. The third-order valence-corrected chi connectivity index (χ3v) is 5.61. The molecule has 0 fully saturated rings. The van der Waals surface area contributed by atoms with E-state index in [-0.39, 0.29) is 0 Å². The molecule has 6 heteroatoms. The van der Waals surface area contributed by atoms with Crippen LogP contribution in [0.3, 0.4) is 0 Å². The zero-order valence-corrected chi connectivity index (χ0v) is 19.5. The van der Waals surface area contributed by atoms with E-state index < -0.39 is 6.10 Å². The summed E-state index contributed by atoms with van der Waals surface area (Å²) in [6, 6.07) is 23.6. The number of aliphatic hydroxyl groups is 1. The van der Waals surface area contributed by atoms with Gasteiger partial charge in [-0.2, -0.15) is 5.10 Å². The normalized spacial score (nSPS) is 12.1. The lowest BCUT2D eigenvalue weighted by atomic mass is 10.1. The maximum atomic E-state index is 10.7. The van der Waals surface area contributed by atoms with Gasteiger partial charge in [0, 0.05) is 25.7 Å². The minimum atomic E-state index is -0.483. The Morgan fingerprint density at radius 2 is 1.79 bits per heavy atom. The Morgan fingerprint density at radius 3 is 2.47 bits per heavy atom. The molecule has 0 radical (unpaired) electrons. The molecule has 0 saturated carbocycles. The molecule has 0 aliphatic carbocycles. The molecular formula is C28H31N3O3. The molecule has 0 unspecified atom stereocenters. The zero-order valence-electron chi connectivity index (χ0n) is 19.5. The molecule has 2 heterocycles. The standard InChI is InChI=1S/C28H31N3O3/c1-3-4-14-23(32)19-31(20-25-17-11-18-33-25)21-26-27(22-12-7-5-8-13-22)29-30(2)28(26)34-24-15-9-6-10-16-24/h3,5-13,15-18,23,32H,1,4,14,19-21H2,2H3/t23-/m0/s1. The average Bonchev–Trinajstić information content (AvgIpc) is 3.47. The van der Waals surface area contributed by atoms with Gasteiger partial charge in [0.25, 0.3) is 0 Å². The molecule has 2 aromatic heterocycles. The summed E-state index contributed by atoms with van der Waals surface area (Å²) in [5.74, 6) is 2.26. The molecule has 0 amide bonds. The Morgan fingerprint density at radius 1 is 1.06 bits per heavy atom. The maximum absolute atomic E-state index is 10.7. The number of aromatic nitrogens is 2. The van der Waals surface area contributed by atoms with Crippen LogP contribution in [0, 0.1) is 0 Å². The van der Waals surface area contributed by atoms with Crippen LogP contribution in [-0.4, -0.2) is 32.4 Å². The van der Waals surface area contributed by atoms with E-state index in [2.05, 4.69) is 11.5 Å². The Hall–Kier alpha value is -3.61. The van der Waals surface area contributed by atoms with Gasteiger partial charge < -0.3 is 14.3 Å². The summed E-state index contributed by atoms with van der Waals surface area (Å²) < 4.78 is 13.7. The molecule has 34 heavy (non-hydrogen) atoms. The third-order valence-electron chi connectivity index (χ3n) is 5.61. The number of aliphatic hydroxyl groups excluding tert-OH is 1. The summed E-state index contributed by atoms with van der Waals surface area (Å²) in [4.78, 5) is 2.17. The van der Waals surface area contributed by atoms with Crippen molar-refractivity contribution in [2.75, 3.05) is 6.54 Å². The van der Waals surface area contributed by atoms with Crippen LogP contribution in [0.15, 0.2) is 96.1 Å². The molecule has 4 aromatic rings. The van der Waals surface area contributed by atoms with Gasteiger partial charge in [0.1, 0.15) is 17.2 Å². The van der Waals surface area contributed by atoms with E-state index in [1.54, 1.807) is 10.9 Å². The lowest BCUT2D eigenvalue weighted by Crippen LogP contribution is -2.31. The van der Waals surface area contributed by atoms with Crippen LogP contribution < -0.4 is 4.74 Å². The molecule has 0 aliphatic heterocycles. The number of hydrogen-bond donors (Lipinski definition) is 1. The highest BCUT2D eigenvalue weighted by atomic mass is 16.5. The molecule has 0 aliphatic rings. The fraction of sp³-hybridized carbons (Fsp3) is 0.250. The van der Waals surface area contributed by atoms with Crippen molar-refractivity contribution in [2.45, 2.75) is 32.0 Å². The molecule has 2 aromatic carbocycles. The van der Waals surface area contributed by atoms with Gasteiger partial charge in [0.15, 0.2) is 0 Å². The fourth-order valence-electron chi connectivity index (χ4n) is 3.98. The summed E-state index contributed by atoms with van der Waals surface area (Å²) in [6.07, 6.45) is 4.44. The number of ether oxygens (including phenoxy) is 1. The summed E-state index contributed by atoms with van der Waals surface area (Å²) in [5.41, 5.74) is 2.83. The average molecular weight is 458 g/mol. The smallest absolute Gasteiger partial charge is 0.222 e. The molecule has 0 spiro atoms. The van der Waals surface area contributed by atoms with Crippen molar-refractivity contribution in [3.63, 3.8) is 0 Å². The first kappa shape index (κ1) is 23.5. The van der Waals surface area contributed by atoms with E-state index in [0.29, 0.717) is 31.9 Å². The first-order valence-corrected chi connectivity index (χ1v) is 11.5. The van der Waals surface area contributed by atoms with Crippen molar-refractivity contribution in [1.29, 1.82) is 0 Å². The van der Waals surface area contributed by atoms with Crippen LogP contribution in [0.1, 0.15) is 24.2 Å². The second-order valence-electron chi connectivity index (χ2n) is 8.31. The van der Waals surface area contributed by atoms with Crippen molar-refractivity contribution in [3.8, 4) is 22.9 Å². The molecule has 1 N–H and O–H groups in total. The molecular weight excluding hydrogens is 426 g/mol. The minimum absolute atomic E-state index is 0.483. The number of aryl methyl sites for hydroxylation is 1. The van der Waals surface area contributed by atoms with E-state index >= 15 is 0 Å². The Balaban J connectivity index is 1.70. The van der Waals surface area contributed by atoms with Crippen molar-refractivity contribution in [3.05, 3.63) is 103 Å². The van der Waals surface area contributed by atoms with E-state index in [9.17, 15) is 5.11 Å². The van der Waals surface area contributed by atoms with Crippen molar-refractivity contribution in [2.24, 2.45) is 7.05 Å². The van der Waals surface area contributed by atoms with Crippen LogP contribution in [0.25, 0.3) is 11.3 Å². The number of benzene rings is 2. The summed E-state index contributed by atoms with van der Waals surface area (Å²) in [5, 5.41) is 15.5. The minimum Gasteiger partial charge on any atom is -0.468 e. The number of para-hydroxylation sites is 1. The van der Waals surface area contributed by atoms with Gasteiger partial charge in [-0.3, -0.25) is 4.90 Å². The molecule has 4 rings (SSSR count). The number of hydrogen-bond acceptors (Lipinski definition) is 5. The van der Waals surface area contributed by atoms with Crippen molar-refractivity contribution >= 4 is 0 Å². The topological polar surface area (TPSA) is 63.7 Å². The van der Waals surface area contributed by atoms with Gasteiger partial charge in [0.05, 0.1) is 24.5 Å². The molecule has 0 saturated heterocycles. The van der Waals surface area contributed by atoms with E-state index in [4.69, 9.17) is 14.3 Å². The molecule has 1 atom stereocenters. The van der Waals surface area contributed by atoms with Gasteiger partial charge >= 0.3 is 0 Å². The maximum Gasteiger partial charge on any atom is 0.222 e.